The number of nitrogens with zero attached hydrogens (tertiary/aromatic N) is 1. The van der Waals surface area contributed by atoms with Crippen LogP contribution in [0.25, 0.3) is 0 Å². The SMILES string of the molecule is CN(CC(=O)Nc1cccc(C(F)(F)F)c1)Cc1ccc(Cl)cc1Cl. The van der Waals surface area contributed by atoms with Crippen LogP contribution in [0.2, 0.25) is 10.0 Å². The zero-order valence-electron chi connectivity index (χ0n) is 13.2. The van der Waals surface area contributed by atoms with Crippen molar-refractivity contribution in [2.24, 2.45) is 0 Å². The first-order valence-corrected chi connectivity index (χ1v) is 8.00. The van der Waals surface area contributed by atoms with Gasteiger partial charge in [-0.1, -0.05) is 35.3 Å². The monoisotopic (exact) mass is 390 g/mol. The van der Waals surface area contributed by atoms with Crippen LogP contribution in [0.1, 0.15) is 11.1 Å². The largest absolute Gasteiger partial charge is 0.416 e. The molecule has 2 aromatic rings. The Balaban J connectivity index is 1.95. The van der Waals surface area contributed by atoms with Crippen molar-refractivity contribution in [2.75, 3.05) is 18.9 Å². The predicted molar refractivity (Wildman–Crippen MR) is 92.9 cm³/mol. The smallest absolute Gasteiger partial charge is 0.325 e. The van der Waals surface area contributed by atoms with Crippen LogP contribution in [0.4, 0.5) is 18.9 Å². The Morgan fingerprint density at radius 2 is 1.88 bits per heavy atom. The minimum atomic E-state index is -4.46. The zero-order valence-corrected chi connectivity index (χ0v) is 14.7. The fourth-order valence-corrected chi connectivity index (χ4v) is 2.68. The number of halogens is 5. The summed E-state index contributed by atoms with van der Waals surface area (Å²) in [5, 5.41) is 3.46. The second kappa shape index (κ2) is 8.08. The van der Waals surface area contributed by atoms with E-state index in [1.54, 1.807) is 30.1 Å². The molecular weight excluding hydrogens is 376 g/mol. The van der Waals surface area contributed by atoms with Gasteiger partial charge in [0.2, 0.25) is 5.91 Å². The second-order valence-electron chi connectivity index (χ2n) is 5.53. The van der Waals surface area contributed by atoms with Gasteiger partial charge in [0.15, 0.2) is 0 Å². The third kappa shape index (κ3) is 5.92. The maximum Gasteiger partial charge on any atom is 0.416 e. The first-order chi connectivity index (χ1) is 11.6. The zero-order chi connectivity index (χ0) is 18.6. The van der Waals surface area contributed by atoms with Crippen LogP contribution in [-0.4, -0.2) is 24.4 Å². The second-order valence-corrected chi connectivity index (χ2v) is 6.38. The molecule has 25 heavy (non-hydrogen) atoms. The molecule has 1 N–H and O–H groups in total. The minimum Gasteiger partial charge on any atom is -0.325 e. The summed E-state index contributed by atoms with van der Waals surface area (Å²) in [6.45, 7) is 0.390. The first-order valence-electron chi connectivity index (χ1n) is 7.25. The van der Waals surface area contributed by atoms with E-state index in [2.05, 4.69) is 5.32 Å². The Labute approximate surface area is 153 Å². The van der Waals surface area contributed by atoms with Gasteiger partial charge in [0.1, 0.15) is 0 Å². The summed E-state index contributed by atoms with van der Waals surface area (Å²) in [6, 6.07) is 9.55. The van der Waals surface area contributed by atoms with Gasteiger partial charge in [-0.05, 0) is 42.9 Å². The molecule has 0 radical (unpaired) electrons. The van der Waals surface area contributed by atoms with Crippen LogP contribution >= 0.6 is 23.2 Å². The molecule has 0 heterocycles. The van der Waals surface area contributed by atoms with Gasteiger partial charge in [0, 0.05) is 22.3 Å². The van der Waals surface area contributed by atoms with E-state index in [1.807, 2.05) is 0 Å². The fraction of sp³-hybridized carbons (Fsp3) is 0.235. The maximum atomic E-state index is 12.7. The Morgan fingerprint density at radius 3 is 2.52 bits per heavy atom. The van der Waals surface area contributed by atoms with E-state index < -0.39 is 17.6 Å². The van der Waals surface area contributed by atoms with Crippen molar-refractivity contribution in [3.05, 3.63) is 63.6 Å². The van der Waals surface area contributed by atoms with E-state index in [1.165, 1.54) is 12.1 Å². The number of likely N-dealkylation sites (N-methyl/N-ethyl adjacent to an activating group) is 1. The number of benzene rings is 2. The number of carbonyl (C=O) groups excluding carboxylic acids is 1. The van der Waals surface area contributed by atoms with Gasteiger partial charge in [-0.25, -0.2) is 0 Å². The van der Waals surface area contributed by atoms with Crippen LogP contribution in [0.5, 0.6) is 0 Å². The topological polar surface area (TPSA) is 32.3 Å². The van der Waals surface area contributed by atoms with E-state index in [0.717, 1.165) is 17.7 Å². The minimum absolute atomic E-state index is 0.00476. The number of amides is 1. The Bertz CT molecular complexity index is 766. The van der Waals surface area contributed by atoms with E-state index in [0.29, 0.717) is 16.6 Å². The summed E-state index contributed by atoms with van der Waals surface area (Å²) in [7, 11) is 1.71. The molecule has 0 spiro atoms. The van der Waals surface area contributed by atoms with E-state index in [9.17, 15) is 18.0 Å². The summed E-state index contributed by atoms with van der Waals surface area (Å²) >= 11 is 11.9. The van der Waals surface area contributed by atoms with Gasteiger partial charge in [-0.3, -0.25) is 9.69 Å². The van der Waals surface area contributed by atoms with Crippen LogP contribution < -0.4 is 5.32 Å². The number of nitrogens with one attached hydrogen (secondary N) is 1. The molecular formula is C17H15Cl2F3N2O. The molecule has 0 unspecified atom stereocenters. The highest BCUT2D eigenvalue weighted by Gasteiger charge is 2.30. The number of carbonyl (C=O) groups is 1. The molecule has 0 atom stereocenters. The van der Waals surface area contributed by atoms with Crippen molar-refractivity contribution >= 4 is 34.8 Å². The molecule has 2 rings (SSSR count). The summed E-state index contributed by atoms with van der Waals surface area (Å²) < 4.78 is 38.0. The molecule has 0 aromatic heterocycles. The quantitative estimate of drug-likeness (QED) is 0.771. The number of hydrogen-bond acceptors (Lipinski definition) is 2. The normalized spacial score (nSPS) is 11.6. The predicted octanol–water partition coefficient (Wildman–Crippen LogP) is 5.08. The highest BCUT2D eigenvalue weighted by molar-refractivity contribution is 6.35. The third-order valence-electron chi connectivity index (χ3n) is 3.34. The van der Waals surface area contributed by atoms with Gasteiger partial charge in [0.25, 0.3) is 0 Å². The third-order valence-corrected chi connectivity index (χ3v) is 3.93. The molecule has 134 valence electrons. The maximum absolute atomic E-state index is 12.7. The van der Waals surface area contributed by atoms with Crippen LogP contribution in [0.3, 0.4) is 0 Å². The average molecular weight is 391 g/mol. The first kappa shape index (κ1) is 19.6. The molecule has 0 aliphatic carbocycles. The van der Waals surface area contributed by atoms with Crippen molar-refractivity contribution in [2.45, 2.75) is 12.7 Å². The summed E-state index contributed by atoms with van der Waals surface area (Å²) in [5.41, 5.74) is 0.0739. The molecule has 0 saturated heterocycles. The van der Waals surface area contributed by atoms with Crippen molar-refractivity contribution in [1.82, 2.24) is 4.90 Å². The van der Waals surface area contributed by atoms with Crippen LogP contribution in [-0.2, 0) is 17.5 Å². The molecule has 0 saturated carbocycles. The summed E-state index contributed by atoms with van der Waals surface area (Å²) in [5.74, 6) is -0.424. The lowest BCUT2D eigenvalue weighted by atomic mass is 10.2. The van der Waals surface area contributed by atoms with Crippen molar-refractivity contribution in [1.29, 1.82) is 0 Å². The molecule has 0 bridgehead atoms. The number of alkyl halides is 3. The Hall–Kier alpha value is -1.76. The van der Waals surface area contributed by atoms with E-state index in [-0.39, 0.29) is 12.2 Å². The average Bonchev–Trinajstić information content (AvgIpc) is 2.49. The van der Waals surface area contributed by atoms with Gasteiger partial charge >= 0.3 is 6.18 Å². The lowest BCUT2D eigenvalue weighted by Crippen LogP contribution is -2.30. The molecule has 2 aromatic carbocycles. The highest BCUT2D eigenvalue weighted by atomic mass is 35.5. The van der Waals surface area contributed by atoms with Gasteiger partial charge in [-0.2, -0.15) is 13.2 Å². The summed E-state index contributed by atoms with van der Waals surface area (Å²) in [6.07, 6.45) is -4.46. The molecule has 3 nitrogen and oxygen atoms in total. The lowest BCUT2D eigenvalue weighted by molar-refractivity contribution is -0.137. The lowest BCUT2D eigenvalue weighted by Gasteiger charge is -2.17. The van der Waals surface area contributed by atoms with Gasteiger partial charge < -0.3 is 5.32 Å². The number of hydrogen-bond donors (Lipinski definition) is 1. The molecule has 8 heteroatoms. The Kier molecular flexibility index (Phi) is 6.32. The molecule has 0 aliphatic heterocycles. The van der Waals surface area contributed by atoms with Gasteiger partial charge in [0.05, 0.1) is 12.1 Å². The van der Waals surface area contributed by atoms with Crippen LogP contribution in [0.15, 0.2) is 42.5 Å². The number of rotatable bonds is 5. The fourth-order valence-electron chi connectivity index (χ4n) is 2.22. The summed E-state index contributed by atoms with van der Waals surface area (Å²) in [4.78, 5) is 13.7. The standard InChI is InChI=1S/C17H15Cl2F3N2O/c1-24(9-11-5-6-13(18)8-15(11)19)10-16(25)23-14-4-2-3-12(7-14)17(20,21)22/h2-8H,9-10H2,1H3,(H,23,25). The molecule has 1 amide bonds. The molecule has 0 aliphatic rings. The Morgan fingerprint density at radius 1 is 1.16 bits per heavy atom. The van der Waals surface area contributed by atoms with Gasteiger partial charge in [-0.15, -0.1) is 0 Å². The van der Waals surface area contributed by atoms with E-state index in [4.69, 9.17) is 23.2 Å². The molecule has 0 fully saturated rings. The highest BCUT2D eigenvalue weighted by Crippen LogP contribution is 2.30. The van der Waals surface area contributed by atoms with Crippen molar-refractivity contribution in [3.63, 3.8) is 0 Å². The van der Waals surface area contributed by atoms with Crippen molar-refractivity contribution in [3.8, 4) is 0 Å². The van der Waals surface area contributed by atoms with E-state index >= 15 is 0 Å². The number of anilines is 1. The van der Waals surface area contributed by atoms with Crippen LogP contribution in [0, 0.1) is 0 Å². The van der Waals surface area contributed by atoms with Crippen molar-refractivity contribution < 1.29 is 18.0 Å².